The molecular weight excluding hydrogens is 404 g/mol. The highest BCUT2D eigenvalue weighted by Gasteiger charge is 2.56. The van der Waals surface area contributed by atoms with Gasteiger partial charge in [0, 0.05) is 24.8 Å². The zero-order chi connectivity index (χ0) is 22.9. The van der Waals surface area contributed by atoms with E-state index in [4.69, 9.17) is 4.74 Å². The molecule has 0 saturated carbocycles. The summed E-state index contributed by atoms with van der Waals surface area (Å²) in [5.74, 6) is 0.589. The molecule has 1 N–H and O–H groups in total. The molecule has 1 spiro atoms. The average Bonchev–Trinajstić information content (AvgIpc) is 2.99. The SMILES string of the molecule is CC(C)Oc1cccc(CN2CCC3(CC2C)C(=O)NC(=O)N3c2cccc(C#N)c2)c1. The predicted molar refractivity (Wildman–Crippen MR) is 121 cm³/mol. The first-order chi connectivity index (χ1) is 15.3. The van der Waals surface area contributed by atoms with Crippen molar-refractivity contribution in [3.8, 4) is 11.8 Å². The Morgan fingerprint density at radius 2 is 2.00 bits per heavy atom. The van der Waals surface area contributed by atoms with Crippen LogP contribution in [0.4, 0.5) is 10.5 Å². The number of nitrogens with one attached hydrogen (secondary N) is 1. The second kappa shape index (κ2) is 8.64. The summed E-state index contributed by atoms with van der Waals surface area (Å²) in [5, 5.41) is 11.8. The summed E-state index contributed by atoms with van der Waals surface area (Å²) < 4.78 is 5.82. The Kier molecular flexibility index (Phi) is 5.90. The van der Waals surface area contributed by atoms with Crippen molar-refractivity contribution < 1.29 is 14.3 Å². The molecule has 2 unspecified atom stereocenters. The molecule has 166 valence electrons. The van der Waals surface area contributed by atoms with E-state index in [1.165, 1.54) is 0 Å². The Morgan fingerprint density at radius 3 is 2.72 bits per heavy atom. The molecule has 0 aromatic heterocycles. The zero-order valence-corrected chi connectivity index (χ0v) is 18.7. The lowest BCUT2D eigenvalue weighted by Gasteiger charge is -2.45. The smallest absolute Gasteiger partial charge is 0.329 e. The molecule has 2 saturated heterocycles. The Morgan fingerprint density at radius 1 is 1.22 bits per heavy atom. The van der Waals surface area contributed by atoms with Crippen LogP contribution in [0.2, 0.25) is 0 Å². The van der Waals surface area contributed by atoms with Gasteiger partial charge in [0.1, 0.15) is 11.3 Å². The van der Waals surface area contributed by atoms with Crippen molar-refractivity contribution >= 4 is 17.6 Å². The van der Waals surface area contributed by atoms with Gasteiger partial charge in [-0.1, -0.05) is 18.2 Å². The van der Waals surface area contributed by atoms with Gasteiger partial charge in [-0.15, -0.1) is 0 Å². The minimum Gasteiger partial charge on any atom is -0.491 e. The van der Waals surface area contributed by atoms with Crippen LogP contribution in [-0.2, 0) is 11.3 Å². The number of carbonyl (C=O) groups is 2. The van der Waals surface area contributed by atoms with Crippen LogP contribution < -0.4 is 15.0 Å². The van der Waals surface area contributed by atoms with Crippen molar-refractivity contribution in [2.75, 3.05) is 11.4 Å². The molecule has 4 rings (SSSR count). The van der Waals surface area contributed by atoms with Gasteiger partial charge in [-0.2, -0.15) is 5.26 Å². The van der Waals surface area contributed by atoms with Gasteiger partial charge in [0.25, 0.3) is 5.91 Å². The van der Waals surface area contributed by atoms with Gasteiger partial charge in [-0.05, 0) is 69.5 Å². The third kappa shape index (κ3) is 4.06. The fraction of sp³-hybridized carbons (Fsp3) is 0.400. The van der Waals surface area contributed by atoms with Crippen LogP contribution in [0.15, 0.2) is 48.5 Å². The van der Waals surface area contributed by atoms with E-state index in [1.54, 1.807) is 29.2 Å². The van der Waals surface area contributed by atoms with E-state index in [9.17, 15) is 14.9 Å². The van der Waals surface area contributed by atoms with E-state index in [0.717, 1.165) is 17.9 Å². The van der Waals surface area contributed by atoms with Crippen LogP contribution in [0.1, 0.15) is 44.7 Å². The summed E-state index contributed by atoms with van der Waals surface area (Å²) in [6, 6.07) is 16.7. The van der Waals surface area contributed by atoms with Gasteiger partial charge in [-0.25, -0.2) is 4.79 Å². The molecule has 3 amide bonds. The number of likely N-dealkylation sites (tertiary alicyclic amines) is 1. The van der Waals surface area contributed by atoms with Crippen molar-refractivity contribution in [1.29, 1.82) is 5.26 Å². The molecule has 2 fully saturated rings. The fourth-order valence-corrected chi connectivity index (χ4v) is 4.78. The molecule has 2 atom stereocenters. The summed E-state index contributed by atoms with van der Waals surface area (Å²) in [7, 11) is 0. The molecule has 2 aromatic rings. The number of hydrogen-bond donors (Lipinski definition) is 1. The molecule has 2 aromatic carbocycles. The molecule has 32 heavy (non-hydrogen) atoms. The maximum Gasteiger partial charge on any atom is 0.329 e. The lowest BCUT2D eigenvalue weighted by Crippen LogP contribution is -2.59. The Hall–Kier alpha value is -3.37. The largest absolute Gasteiger partial charge is 0.491 e. The number of nitrogens with zero attached hydrogens (tertiary/aromatic N) is 3. The van der Waals surface area contributed by atoms with Crippen molar-refractivity contribution in [2.24, 2.45) is 0 Å². The number of piperidine rings is 1. The zero-order valence-electron chi connectivity index (χ0n) is 18.7. The molecule has 0 bridgehead atoms. The molecular formula is C25H28N4O3. The van der Waals surface area contributed by atoms with E-state index in [-0.39, 0.29) is 18.1 Å². The van der Waals surface area contributed by atoms with Crippen molar-refractivity contribution in [3.05, 3.63) is 59.7 Å². The maximum absolute atomic E-state index is 13.0. The van der Waals surface area contributed by atoms with Crippen LogP contribution >= 0.6 is 0 Å². The number of amides is 3. The van der Waals surface area contributed by atoms with Crippen LogP contribution in [0.3, 0.4) is 0 Å². The van der Waals surface area contributed by atoms with Gasteiger partial charge in [0.2, 0.25) is 0 Å². The lowest BCUT2D eigenvalue weighted by molar-refractivity contribution is -0.125. The molecule has 0 radical (unpaired) electrons. The highest BCUT2D eigenvalue weighted by Crippen LogP contribution is 2.40. The van der Waals surface area contributed by atoms with E-state index < -0.39 is 11.6 Å². The highest BCUT2D eigenvalue weighted by molar-refractivity contribution is 6.17. The average molecular weight is 433 g/mol. The lowest BCUT2D eigenvalue weighted by atomic mass is 9.81. The van der Waals surface area contributed by atoms with E-state index in [2.05, 4.69) is 35.3 Å². The summed E-state index contributed by atoms with van der Waals surface area (Å²) in [6.07, 6.45) is 1.15. The van der Waals surface area contributed by atoms with Crippen LogP contribution in [0.25, 0.3) is 0 Å². The number of carbonyl (C=O) groups excluding carboxylic acids is 2. The summed E-state index contributed by atoms with van der Waals surface area (Å²) in [4.78, 5) is 29.6. The number of imide groups is 1. The van der Waals surface area contributed by atoms with Crippen molar-refractivity contribution in [3.63, 3.8) is 0 Å². The molecule has 2 aliphatic heterocycles. The summed E-state index contributed by atoms with van der Waals surface area (Å²) >= 11 is 0. The summed E-state index contributed by atoms with van der Waals surface area (Å²) in [5.41, 5.74) is 1.24. The van der Waals surface area contributed by atoms with Crippen molar-refractivity contribution in [1.82, 2.24) is 10.2 Å². The van der Waals surface area contributed by atoms with Gasteiger partial charge in [0.05, 0.1) is 17.7 Å². The number of nitriles is 1. The third-order valence-electron chi connectivity index (χ3n) is 6.23. The second-order valence-corrected chi connectivity index (χ2v) is 8.88. The van der Waals surface area contributed by atoms with Gasteiger partial charge in [0.15, 0.2) is 0 Å². The first-order valence-corrected chi connectivity index (χ1v) is 11.0. The first kappa shape index (κ1) is 21.8. The number of hydrogen-bond acceptors (Lipinski definition) is 5. The van der Waals surface area contributed by atoms with E-state index in [1.807, 2.05) is 26.0 Å². The highest BCUT2D eigenvalue weighted by atomic mass is 16.5. The van der Waals surface area contributed by atoms with Crippen LogP contribution in [0, 0.1) is 11.3 Å². The number of benzene rings is 2. The molecule has 7 nitrogen and oxygen atoms in total. The number of urea groups is 1. The topological polar surface area (TPSA) is 85.7 Å². The van der Waals surface area contributed by atoms with Gasteiger partial charge >= 0.3 is 6.03 Å². The minimum absolute atomic E-state index is 0.0803. The Balaban J connectivity index is 1.55. The normalized spacial score (nSPS) is 23.5. The van der Waals surface area contributed by atoms with Gasteiger partial charge < -0.3 is 4.74 Å². The monoisotopic (exact) mass is 432 g/mol. The predicted octanol–water partition coefficient (Wildman–Crippen LogP) is 3.82. The van der Waals surface area contributed by atoms with Crippen LogP contribution in [0.5, 0.6) is 5.75 Å². The van der Waals surface area contributed by atoms with E-state index in [0.29, 0.717) is 30.6 Å². The molecule has 2 heterocycles. The van der Waals surface area contributed by atoms with Crippen molar-refractivity contribution in [2.45, 2.75) is 57.8 Å². The van der Waals surface area contributed by atoms with Crippen LogP contribution in [-0.4, -0.2) is 41.1 Å². The minimum atomic E-state index is -0.941. The number of ether oxygens (including phenoxy) is 1. The van der Waals surface area contributed by atoms with E-state index >= 15 is 0 Å². The quantitative estimate of drug-likeness (QED) is 0.726. The molecule has 0 aliphatic carbocycles. The Labute approximate surface area is 188 Å². The Bertz CT molecular complexity index is 1080. The second-order valence-electron chi connectivity index (χ2n) is 8.88. The van der Waals surface area contributed by atoms with Gasteiger partial charge in [-0.3, -0.25) is 19.9 Å². The fourth-order valence-electron chi connectivity index (χ4n) is 4.78. The first-order valence-electron chi connectivity index (χ1n) is 11.0. The summed E-state index contributed by atoms with van der Waals surface area (Å²) in [6.45, 7) is 7.52. The standard InChI is InChI=1S/C25H28N4O3/c1-17(2)32-22-9-5-7-20(13-22)16-28-11-10-25(14-18(28)3)23(30)27-24(31)29(25)21-8-4-6-19(12-21)15-26/h4-9,12-13,17-18H,10-11,14,16H2,1-3H3,(H,27,30,31). The number of anilines is 1. The third-order valence-corrected chi connectivity index (χ3v) is 6.23. The molecule has 2 aliphatic rings. The maximum atomic E-state index is 13.0. The number of rotatable bonds is 5. The molecule has 7 heteroatoms.